The maximum atomic E-state index is 12.6. The van der Waals surface area contributed by atoms with Gasteiger partial charge < -0.3 is 14.4 Å². The molecule has 2 aliphatic heterocycles. The Morgan fingerprint density at radius 1 is 1.30 bits per heavy atom. The van der Waals surface area contributed by atoms with Crippen molar-refractivity contribution in [2.75, 3.05) is 26.3 Å². The molecule has 5 heteroatoms. The molecule has 0 atom stereocenters. The van der Waals surface area contributed by atoms with E-state index in [0.29, 0.717) is 25.3 Å². The van der Waals surface area contributed by atoms with E-state index in [0.717, 1.165) is 30.8 Å². The summed E-state index contributed by atoms with van der Waals surface area (Å²) in [6, 6.07) is 3.74. The molecule has 3 heterocycles. The second kappa shape index (κ2) is 5.14. The van der Waals surface area contributed by atoms with Crippen LogP contribution in [0.1, 0.15) is 34.6 Å². The van der Waals surface area contributed by atoms with Gasteiger partial charge >= 0.3 is 0 Å². The van der Waals surface area contributed by atoms with E-state index in [2.05, 4.69) is 4.98 Å². The molecular formula is C15H20N2O3. The number of piperidine rings is 1. The molecule has 0 radical (unpaired) electrons. The number of carbonyl (C=O) groups excluding carboxylic acids is 1. The summed E-state index contributed by atoms with van der Waals surface area (Å²) in [5.41, 5.74) is 2.38. The maximum Gasteiger partial charge on any atom is 0.255 e. The number of likely N-dealkylation sites (tertiary alicyclic amines) is 1. The molecule has 0 saturated carbocycles. The molecule has 0 bridgehead atoms. The molecule has 1 aromatic rings. The summed E-state index contributed by atoms with van der Waals surface area (Å²) in [6.45, 7) is 6.31. The third-order valence-electron chi connectivity index (χ3n) is 3.97. The number of hydrogen-bond donors (Lipinski definition) is 0. The van der Waals surface area contributed by atoms with Gasteiger partial charge in [-0.05, 0) is 32.4 Å². The molecule has 0 N–H and O–H groups in total. The van der Waals surface area contributed by atoms with Crippen LogP contribution >= 0.6 is 0 Å². The molecule has 20 heavy (non-hydrogen) atoms. The highest BCUT2D eigenvalue weighted by atomic mass is 16.7. The Bertz CT molecular complexity index is 524. The molecular weight excluding hydrogens is 256 g/mol. The van der Waals surface area contributed by atoms with Gasteiger partial charge in [0.25, 0.3) is 5.91 Å². The van der Waals surface area contributed by atoms with Gasteiger partial charge in [0, 0.05) is 18.7 Å². The number of pyridine rings is 1. The first-order chi connectivity index (χ1) is 9.60. The number of aryl methyl sites for hydroxylation is 2. The molecule has 1 amide bonds. The molecule has 2 fully saturated rings. The molecule has 0 aromatic carbocycles. The predicted octanol–water partition coefficient (Wildman–Crippen LogP) is 1.68. The smallest absolute Gasteiger partial charge is 0.255 e. The van der Waals surface area contributed by atoms with Crippen LogP contribution < -0.4 is 0 Å². The number of nitrogens with zero attached hydrogens (tertiary/aromatic N) is 2. The van der Waals surface area contributed by atoms with Gasteiger partial charge in [0.05, 0.1) is 31.0 Å². The molecule has 3 rings (SSSR count). The van der Waals surface area contributed by atoms with Gasteiger partial charge in [0.2, 0.25) is 0 Å². The van der Waals surface area contributed by atoms with Crippen molar-refractivity contribution in [1.29, 1.82) is 0 Å². The molecule has 0 aliphatic carbocycles. The number of rotatable bonds is 1. The summed E-state index contributed by atoms with van der Waals surface area (Å²) in [7, 11) is 0. The number of amides is 1. The standard InChI is InChI=1S/C15H20N2O3/c1-11-4-5-13(12(2)16-11)14(18)17-7-3-6-15(10-17)19-8-9-20-15/h4-5H,3,6-10H2,1-2H3. The van der Waals surface area contributed by atoms with Crippen molar-refractivity contribution in [3.8, 4) is 0 Å². The Labute approximate surface area is 118 Å². The van der Waals surface area contributed by atoms with Crippen molar-refractivity contribution >= 4 is 5.91 Å². The van der Waals surface area contributed by atoms with E-state index in [-0.39, 0.29) is 5.91 Å². The van der Waals surface area contributed by atoms with Gasteiger partial charge in [-0.1, -0.05) is 0 Å². The van der Waals surface area contributed by atoms with Crippen LogP contribution in [0.25, 0.3) is 0 Å². The zero-order valence-corrected chi connectivity index (χ0v) is 12.0. The van der Waals surface area contributed by atoms with Crippen molar-refractivity contribution in [3.63, 3.8) is 0 Å². The van der Waals surface area contributed by atoms with Gasteiger partial charge in [-0.3, -0.25) is 9.78 Å². The van der Waals surface area contributed by atoms with E-state index < -0.39 is 5.79 Å². The van der Waals surface area contributed by atoms with Gasteiger partial charge in [-0.25, -0.2) is 0 Å². The van der Waals surface area contributed by atoms with Crippen LogP contribution in [0.15, 0.2) is 12.1 Å². The Kier molecular flexibility index (Phi) is 3.48. The lowest BCUT2D eigenvalue weighted by atomic mass is 10.0. The van der Waals surface area contributed by atoms with Crippen LogP contribution in [0, 0.1) is 13.8 Å². The fraction of sp³-hybridized carbons (Fsp3) is 0.600. The second-order valence-electron chi connectivity index (χ2n) is 5.52. The minimum absolute atomic E-state index is 0.0215. The van der Waals surface area contributed by atoms with Crippen molar-refractivity contribution < 1.29 is 14.3 Å². The summed E-state index contributed by atoms with van der Waals surface area (Å²) < 4.78 is 11.4. The second-order valence-corrected chi connectivity index (χ2v) is 5.52. The zero-order chi connectivity index (χ0) is 14.2. The lowest BCUT2D eigenvalue weighted by Gasteiger charge is -2.38. The molecule has 0 unspecified atom stereocenters. The first kappa shape index (κ1) is 13.5. The minimum atomic E-state index is -0.570. The Morgan fingerprint density at radius 3 is 2.75 bits per heavy atom. The topological polar surface area (TPSA) is 51.7 Å². The molecule has 2 saturated heterocycles. The monoisotopic (exact) mass is 276 g/mol. The first-order valence-electron chi connectivity index (χ1n) is 7.11. The lowest BCUT2D eigenvalue weighted by Crippen LogP contribution is -2.51. The van der Waals surface area contributed by atoms with E-state index >= 15 is 0 Å². The van der Waals surface area contributed by atoms with Gasteiger partial charge in [0.1, 0.15) is 0 Å². The van der Waals surface area contributed by atoms with Crippen molar-refractivity contribution in [2.24, 2.45) is 0 Å². The molecule has 1 spiro atoms. The largest absolute Gasteiger partial charge is 0.346 e. The average molecular weight is 276 g/mol. The number of ether oxygens (including phenoxy) is 2. The van der Waals surface area contributed by atoms with Gasteiger partial charge in [-0.2, -0.15) is 0 Å². The highest BCUT2D eigenvalue weighted by Gasteiger charge is 2.42. The van der Waals surface area contributed by atoms with E-state index in [9.17, 15) is 4.79 Å². The van der Waals surface area contributed by atoms with Crippen LogP contribution in [0.3, 0.4) is 0 Å². The van der Waals surface area contributed by atoms with Crippen LogP contribution in [0.2, 0.25) is 0 Å². The van der Waals surface area contributed by atoms with Crippen LogP contribution in [0.5, 0.6) is 0 Å². The third kappa shape index (κ3) is 2.43. The SMILES string of the molecule is Cc1ccc(C(=O)N2CCCC3(C2)OCCO3)c(C)n1. The summed E-state index contributed by atoms with van der Waals surface area (Å²) in [5, 5.41) is 0. The number of aromatic nitrogens is 1. The van der Waals surface area contributed by atoms with Crippen molar-refractivity contribution in [1.82, 2.24) is 9.88 Å². The summed E-state index contributed by atoms with van der Waals surface area (Å²) in [5.74, 6) is -0.548. The highest BCUT2D eigenvalue weighted by Crippen LogP contribution is 2.30. The van der Waals surface area contributed by atoms with Crippen molar-refractivity contribution in [3.05, 3.63) is 29.1 Å². The van der Waals surface area contributed by atoms with Crippen LogP contribution in [-0.4, -0.2) is 47.9 Å². The van der Waals surface area contributed by atoms with Crippen LogP contribution in [0.4, 0.5) is 0 Å². The minimum Gasteiger partial charge on any atom is -0.346 e. The Hall–Kier alpha value is -1.46. The molecule has 5 nitrogen and oxygen atoms in total. The lowest BCUT2D eigenvalue weighted by molar-refractivity contribution is -0.183. The Balaban J connectivity index is 1.79. The van der Waals surface area contributed by atoms with Gasteiger partial charge in [0.15, 0.2) is 5.79 Å². The number of carbonyl (C=O) groups is 1. The van der Waals surface area contributed by atoms with Crippen molar-refractivity contribution in [2.45, 2.75) is 32.5 Å². The fourth-order valence-corrected chi connectivity index (χ4v) is 2.98. The molecule has 108 valence electrons. The van der Waals surface area contributed by atoms with E-state index in [1.165, 1.54) is 0 Å². The molecule has 1 aromatic heterocycles. The third-order valence-corrected chi connectivity index (χ3v) is 3.97. The fourth-order valence-electron chi connectivity index (χ4n) is 2.98. The summed E-state index contributed by atoms with van der Waals surface area (Å²) in [6.07, 6.45) is 1.77. The molecule has 2 aliphatic rings. The summed E-state index contributed by atoms with van der Waals surface area (Å²) in [4.78, 5) is 18.8. The maximum absolute atomic E-state index is 12.6. The number of hydrogen-bond acceptors (Lipinski definition) is 4. The highest BCUT2D eigenvalue weighted by molar-refractivity contribution is 5.95. The normalized spacial score (nSPS) is 21.4. The van der Waals surface area contributed by atoms with Gasteiger partial charge in [-0.15, -0.1) is 0 Å². The Morgan fingerprint density at radius 2 is 2.05 bits per heavy atom. The first-order valence-corrected chi connectivity index (χ1v) is 7.11. The van der Waals surface area contributed by atoms with E-state index in [1.807, 2.05) is 30.9 Å². The summed E-state index contributed by atoms with van der Waals surface area (Å²) >= 11 is 0. The predicted molar refractivity (Wildman–Crippen MR) is 73.5 cm³/mol. The van der Waals surface area contributed by atoms with E-state index in [4.69, 9.17) is 9.47 Å². The average Bonchev–Trinajstić information content (AvgIpc) is 2.86. The van der Waals surface area contributed by atoms with Crippen LogP contribution in [-0.2, 0) is 9.47 Å². The quantitative estimate of drug-likeness (QED) is 0.783. The van der Waals surface area contributed by atoms with E-state index in [1.54, 1.807) is 0 Å². The zero-order valence-electron chi connectivity index (χ0n) is 12.0.